The van der Waals surface area contributed by atoms with Crippen molar-refractivity contribution in [3.63, 3.8) is 0 Å². The Labute approximate surface area is 80.2 Å². The van der Waals surface area contributed by atoms with Crippen molar-refractivity contribution in [1.82, 2.24) is 4.31 Å². The molecule has 0 radical (unpaired) electrons. The van der Waals surface area contributed by atoms with Crippen LogP contribution in [-0.4, -0.2) is 41.9 Å². The van der Waals surface area contributed by atoms with Crippen molar-refractivity contribution in [2.45, 2.75) is 6.42 Å². The number of hydrogen-bond acceptors (Lipinski definition) is 2. The second-order valence-electron chi connectivity index (χ2n) is 3.74. The van der Waals surface area contributed by atoms with Crippen LogP contribution in [0.3, 0.4) is 0 Å². The van der Waals surface area contributed by atoms with E-state index in [1.165, 1.54) is 12.2 Å². The van der Waals surface area contributed by atoms with E-state index >= 15 is 0 Å². The molecule has 0 N–H and O–H groups in total. The van der Waals surface area contributed by atoms with Gasteiger partial charge in [0.05, 0.1) is 12.3 Å². The maximum atomic E-state index is 12.4. The lowest BCUT2D eigenvalue weighted by Gasteiger charge is -2.36. The molecule has 2 rings (SSSR count). The SMILES string of the molecule is COCS12CCCN1C/C(=C\F)C2. The second kappa shape index (κ2) is 3.59. The molecule has 1 unspecified atom stereocenters. The van der Waals surface area contributed by atoms with Gasteiger partial charge in [-0.2, -0.15) is 10.2 Å². The number of fused-ring (bicyclic) bond motifs is 1. The minimum atomic E-state index is -0.775. The lowest BCUT2D eigenvalue weighted by Crippen LogP contribution is -2.20. The van der Waals surface area contributed by atoms with Gasteiger partial charge in [-0.25, -0.2) is 4.39 Å². The van der Waals surface area contributed by atoms with E-state index in [2.05, 4.69) is 4.31 Å². The van der Waals surface area contributed by atoms with Crippen LogP contribution >= 0.6 is 10.2 Å². The molecule has 0 bridgehead atoms. The lowest BCUT2D eigenvalue weighted by atomic mass is 10.3. The third-order valence-corrected chi connectivity index (χ3v) is 6.84. The Morgan fingerprint density at radius 2 is 2.54 bits per heavy atom. The van der Waals surface area contributed by atoms with E-state index in [-0.39, 0.29) is 0 Å². The van der Waals surface area contributed by atoms with Crippen LogP contribution in [0.25, 0.3) is 0 Å². The molecule has 2 heterocycles. The van der Waals surface area contributed by atoms with Crippen molar-refractivity contribution in [2.75, 3.05) is 37.6 Å². The Balaban J connectivity index is 2.14. The van der Waals surface area contributed by atoms with Gasteiger partial charge < -0.3 is 4.74 Å². The molecule has 0 aromatic rings. The molecule has 2 saturated heterocycles. The summed E-state index contributed by atoms with van der Waals surface area (Å²) < 4.78 is 20.1. The predicted octanol–water partition coefficient (Wildman–Crippen LogP) is 1.88. The Morgan fingerprint density at radius 1 is 1.69 bits per heavy atom. The van der Waals surface area contributed by atoms with Crippen LogP contribution in [0.2, 0.25) is 0 Å². The number of ether oxygens (including phenoxy) is 1. The summed E-state index contributed by atoms with van der Waals surface area (Å²) >= 11 is 0. The zero-order chi connectivity index (χ0) is 9.31. The van der Waals surface area contributed by atoms with Gasteiger partial charge >= 0.3 is 0 Å². The highest BCUT2D eigenvalue weighted by Gasteiger charge is 2.41. The summed E-state index contributed by atoms with van der Waals surface area (Å²) in [6.45, 7) is 1.98. The smallest absolute Gasteiger partial charge is 0.0881 e. The van der Waals surface area contributed by atoms with Crippen LogP contribution in [0.1, 0.15) is 6.42 Å². The van der Waals surface area contributed by atoms with Crippen molar-refractivity contribution in [3.8, 4) is 0 Å². The van der Waals surface area contributed by atoms with Crippen LogP contribution in [0, 0.1) is 0 Å². The fourth-order valence-corrected chi connectivity index (χ4v) is 6.13. The third kappa shape index (κ3) is 1.51. The van der Waals surface area contributed by atoms with Gasteiger partial charge in [0.2, 0.25) is 0 Å². The molecule has 0 spiro atoms. The zero-order valence-electron chi connectivity index (χ0n) is 7.96. The van der Waals surface area contributed by atoms with Gasteiger partial charge in [-0.05, 0) is 17.7 Å². The Morgan fingerprint density at radius 3 is 3.23 bits per heavy atom. The molecule has 2 nitrogen and oxygen atoms in total. The molecule has 76 valence electrons. The second-order valence-corrected chi connectivity index (χ2v) is 7.19. The molecule has 0 aromatic heterocycles. The van der Waals surface area contributed by atoms with Gasteiger partial charge in [0.25, 0.3) is 0 Å². The first-order valence-corrected chi connectivity index (χ1v) is 6.69. The first kappa shape index (κ1) is 9.49. The van der Waals surface area contributed by atoms with Crippen molar-refractivity contribution < 1.29 is 9.13 Å². The molecular formula is C9H16FNOS. The van der Waals surface area contributed by atoms with E-state index in [1.54, 1.807) is 7.11 Å². The van der Waals surface area contributed by atoms with Crippen molar-refractivity contribution in [1.29, 1.82) is 0 Å². The highest BCUT2D eigenvalue weighted by atomic mass is 32.3. The summed E-state index contributed by atoms with van der Waals surface area (Å²) in [4.78, 5) is 0. The van der Waals surface area contributed by atoms with Crippen LogP contribution in [0.5, 0.6) is 0 Å². The van der Waals surface area contributed by atoms with Gasteiger partial charge in [-0.3, -0.25) is 4.31 Å². The minimum absolute atomic E-state index is 0.775. The monoisotopic (exact) mass is 205 g/mol. The van der Waals surface area contributed by atoms with E-state index in [0.717, 1.165) is 36.7 Å². The summed E-state index contributed by atoms with van der Waals surface area (Å²) in [6.07, 6.45) is 2.06. The molecule has 13 heavy (non-hydrogen) atoms. The van der Waals surface area contributed by atoms with Crippen molar-refractivity contribution in [3.05, 3.63) is 11.9 Å². The number of methoxy groups -OCH3 is 1. The Bertz CT molecular complexity index is 234. The third-order valence-electron chi connectivity index (χ3n) is 2.80. The Kier molecular flexibility index (Phi) is 2.62. The summed E-state index contributed by atoms with van der Waals surface area (Å²) in [5.74, 6) is 3.00. The van der Waals surface area contributed by atoms with Gasteiger partial charge in [-0.15, -0.1) is 0 Å². The van der Waals surface area contributed by atoms with Crippen LogP contribution < -0.4 is 0 Å². The number of halogens is 1. The predicted molar refractivity (Wildman–Crippen MR) is 54.6 cm³/mol. The average Bonchev–Trinajstić information content (AvgIpc) is 2.60. The van der Waals surface area contributed by atoms with Crippen LogP contribution in [0.15, 0.2) is 11.9 Å². The fourth-order valence-electron chi connectivity index (χ4n) is 2.29. The normalized spacial score (nSPS) is 42.2. The minimum Gasteiger partial charge on any atom is -0.374 e. The molecule has 1 atom stereocenters. The first-order valence-electron chi connectivity index (χ1n) is 4.59. The number of nitrogens with zero attached hydrogens (tertiary/aromatic N) is 1. The quantitative estimate of drug-likeness (QED) is 0.682. The van der Waals surface area contributed by atoms with Crippen LogP contribution in [0.4, 0.5) is 4.39 Å². The summed E-state index contributed by atoms with van der Waals surface area (Å²) in [7, 11) is 0.970. The van der Waals surface area contributed by atoms with E-state index < -0.39 is 10.2 Å². The summed E-state index contributed by atoms with van der Waals surface area (Å²) in [6, 6.07) is 0. The zero-order valence-corrected chi connectivity index (χ0v) is 8.78. The molecule has 2 aliphatic rings. The van der Waals surface area contributed by atoms with E-state index in [1.807, 2.05) is 0 Å². The molecule has 2 fully saturated rings. The van der Waals surface area contributed by atoms with Crippen LogP contribution in [-0.2, 0) is 4.74 Å². The largest absolute Gasteiger partial charge is 0.374 e. The molecular weight excluding hydrogens is 189 g/mol. The highest BCUT2D eigenvalue weighted by Crippen LogP contribution is 2.61. The topological polar surface area (TPSA) is 12.5 Å². The van der Waals surface area contributed by atoms with Crippen molar-refractivity contribution >= 4 is 10.2 Å². The molecule has 0 aromatic carbocycles. The summed E-state index contributed by atoms with van der Waals surface area (Å²) in [5, 5.41) is 0. The first-order chi connectivity index (χ1) is 6.30. The summed E-state index contributed by atoms with van der Waals surface area (Å²) in [5.41, 5.74) is 0.965. The molecule has 2 aliphatic heterocycles. The van der Waals surface area contributed by atoms with Gasteiger partial charge in [0, 0.05) is 26.0 Å². The highest BCUT2D eigenvalue weighted by molar-refractivity contribution is 8.32. The lowest BCUT2D eigenvalue weighted by molar-refractivity contribution is 0.253. The van der Waals surface area contributed by atoms with E-state index in [9.17, 15) is 4.39 Å². The molecule has 0 aliphatic carbocycles. The molecule has 0 amide bonds. The van der Waals surface area contributed by atoms with Gasteiger partial charge in [-0.1, -0.05) is 0 Å². The molecule has 0 saturated carbocycles. The standard InChI is InChI=1S/C9H16FNOS/c1-12-8-13-4-2-3-11(13)6-9(5-10)7-13/h5H,2-4,6-8H2,1H3/b9-5+. The van der Waals surface area contributed by atoms with Crippen molar-refractivity contribution in [2.24, 2.45) is 0 Å². The fraction of sp³-hybridized carbons (Fsp3) is 0.778. The maximum Gasteiger partial charge on any atom is 0.0881 e. The Hall–Kier alpha value is -0.0600. The number of hydrogen-bond donors (Lipinski definition) is 0. The maximum absolute atomic E-state index is 12.4. The molecule has 4 heteroatoms. The number of rotatable bonds is 2. The van der Waals surface area contributed by atoms with E-state index in [0.29, 0.717) is 0 Å². The van der Waals surface area contributed by atoms with E-state index in [4.69, 9.17) is 4.74 Å². The average molecular weight is 205 g/mol. The van der Waals surface area contributed by atoms with Gasteiger partial charge in [0.15, 0.2) is 0 Å². The van der Waals surface area contributed by atoms with Gasteiger partial charge in [0.1, 0.15) is 0 Å².